The first-order valence-electron chi connectivity index (χ1n) is 2.95. The summed E-state index contributed by atoms with van der Waals surface area (Å²) in [6.07, 6.45) is 1.47. The maximum absolute atomic E-state index is 10.2. The third-order valence-electron chi connectivity index (χ3n) is 0.931. The monoisotopic (exact) mass is 144 g/mol. The van der Waals surface area contributed by atoms with E-state index < -0.39 is 12.0 Å². The van der Waals surface area contributed by atoms with E-state index in [0.29, 0.717) is 5.70 Å². The topological polar surface area (TPSA) is 75.3 Å². The summed E-state index contributed by atoms with van der Waals surface area (Å²) in [5.74, 6) is -0.891. The molecule has 0 saturated carbocycles. The molecule has 0 aromatic heterocycles. The zero-order valence-electron chi connectivity index (χ0n) is 6.09. The van der Waals surface area contributed by atoms with Crippen LogP contribution in [0.25, 0.3) is 0 Å². The third kappa shape index (κ3) is 3.77. The molecule has 1 atom stereocenters. The van der Waals surface area contributed by atoms with Gasteiger partial charge in [-0.2, -0.15) is 0 Å². The number of nitrogens with two attached hydrogens (primary N) is 1. The minimum atomic E-state index is -0.891. The minimum absolute atomic E-state index is 0.563. The molecular weight excluding hydrogens is 132 g/mol. The number of aliphatic carboxylic acids is 1. The van der Waals surface area contributed by atoms with Crippen molar-refractivity contribution in [2.45, 2.75) is 19.9 Å². The maximum Gasteiger partial charge on any atom is 0.325 e. The molecule has 58 valence electrons. The number of allylic oxidation sites excluding steroid dienone is 1. The molecule has 0 aliphatic carbocycles. The van der Waals surface area contributed by atoms with Crippen molar-refractivity contribution in [2.75, 3.05) is 0 Å². The van der Waals surface area contributed by atoms with Gasteiger partial charge in [-0.1, -0.05) is 0 Å². The van der Waals surface area contributed by atoms with Gasteiger partial charge < -0.3 is 16.2 Å². The first-order valence-corrected chi connectivity index (χ1v) is 2.95. The van der Waals surface area contributed by atoms with Crippen molar-refractivity contribution in [3.63, 3.8) is 0 Å². The van der Waals surface area contributed by atoms with Gasteiger partial charge in [-0.3, -0.25) is 4.79 Å². The molecule has 0 aromatic rings. The molecule has 4 N–H and O–H groups in total. The Kier molecular flexibility index (Phi) is 3.32. The summed E-state index contributed by atoms with van der Waals surface area (Å²) in [6.45, 7) is 3.23. The number of carboxylic acids is 1. The Hall–Kier alpha value is -1.19. The van der Waals surface area contributed by atoms with Crippen LogP contribution in [0.15, 0.2) is 11.9 Å². The fraction of sp³-hybridized carbons (Fsp3) is 0.500. The maximum atomic E-state index is 10.2. The fourth-order valence-electron chi connectivity index (χ4n) is 0.328. The van der Waals surface area contributed by atoms with Gasteiger partial charge in [-0.25, -0.2) is 0 Å². The molecule has 0 radical (unpaired) electrons. The molecule has 0 heterocycles. The van der Waals surface area contributed by atoms with E-state index >= 15 is 0 Å². The fourth-order valence-corrected chi connectivity index (χ4v) is 0.328. The van der Waals surface area contributed by atoms with Crippen molar-refractivity contribution < 1.29 is 9.90 Å². The van der Waals surface area contributed by atoms with Crippen LogP contribution in [0.2, 0.25) is 0 Å². The van der Waals surface area contributed by atoms with Crippen LogP contribution in [0.3, 0.4) is 0 Å². The van der Waals surface area contributed by atoms with E-state index in [4.69, 9.17) is 10.8 Å². The van der Waals surface area contributed by atoms with Crippen molar-refractivity contribution >= 4 is 5.97 Å². The van der Waals surface area contributed by atoms with E-state index in [2.05, 4.69) is 5.32 Å². The smallest absolute Gasteiger partial charge is 0.325 e. The Morgan fingerprint density at radius 2 is 2.30 bits per heavy atom. The molecule has 0 bridgehead atoms. The molecule has 0 unspecified atom stereocenters. The van der Waals surface area contributed by atoms with E-state index in [9.17, 15) is 4.79 Å². The summed E-state index contributed by atoms with van der Waals surface area (Å²) >= 11 is 0. The van der Waals surface area contributed by atoms with Crippen molar-refractivity contribution in [2.24, 2.45) is 5.73 Å². The molecule has 0 fully saturated rings. The standard InChI is InChI=1S/C6H12N2O2/c1-4(7)3-8-5(2)6(9)10/h3,5,8H,7H2,1-2H3,(H,9,10)/b4-3-/t5-/m0/s1. The molecule has 0 aromatic carbocycles. The quantitative estimate of drug-likeness (QED) is 0.515. The largest absolute Gasteiger partial charge is 0.480 e. The first-order chi connectivity index (χ1) is 4.54. The Labute approximate surface area is 59.7 Å². The van der Waals surface area contributed by atoms with Crippen LogP contribution in [0, 0.1) is 0 Å². The van der Waals surface area contributed by atoms with Gasteiger partial charge in [0.2, 0.25) is 0 Å². The Morgan fingerprint density at radius 1 is 1.80 bits per heavy atom. The van der Waals surface area contributed by atoms with Crippen molar-refractivity contribution in [1.29, 1.82) is 0 Å². The van der Waals surface area contributed by atoms with Crippen LogP contribution < -0.4 is 11.1 Å². The van der Waals surface area contributed by atoms with Crippen molar-refractivity contribution in [1.82, 2.24) is 5.32 Å². The third-order valence-corrected chi connectivity index (χ3v) is 0.931. The van der Waals surface area contributed by atoms with E-state index in [1.165, 1.54) is 6.20 Å². The number of carboxylic acid groups (broad SMARTS) is 1. The summed E-state index contributed by atoms with van der Waals surface area (Å²) in [5.41, 5.74) is 5.81. The highest BCUT2D eigenvalue weighted by Crippen LogP contribution is 1.82. The lowest BCUT2D eigenvalue weighted by Gasteiger charge is -2.04. The Morgan fingerprint density at radius 3 is 2.60 bits per heavy atom. The minimum Gasteiger partial charge on any atom is -0.480 e. The SMILES string of the molecule is C/C(N)=C/N[C@@H](C)C(=O)O. The number of carbonyl (C=O) groups is 1. The summed E-state index contributed by atoms with van der Waals surface area (Å²) in [4.78, 5) is 10.2. The molecule has 0 spiro atoms. The number of rotatable bonds is 3. The molecular formula is C6H12N2O2. The predicted octanol–water partition coefficient (Wildman–Crippen LogP) is -0.131. The van der Waals surface area contributed by atoms with E-state index in [-0.39, 0.29) is 0 Å². The number of nitrogens with one attached hydrogen (secondary N) is 1. The molecule has 0 saturated heterocycles. The lowest BCUT2D eigenvalue weighted by molar-refractivity contribution is -0.138. The van der Waals surface area contributed by atoms with Gasteiger partial charge in [0.25, 0.3) is 0 Å². The average Bonchev–Trinajstić information content (AvgIpc) is 1.82. The molecule has 0 rings (SSSR count). The molecule has 0 amide bonds. The van der Waals surface area contributed by atoms with Gasteiger partial charge in [-0.15, -0.1) is 0 Å². The van der Waals surface area contributed by atoms with E-state index in [1.54, 1.807) is 13.8 Å². The second-order valence-electron chi connectivity index (χ2n) is 2.11. The zero-order chi connectivity index (χ0) is 8.15. The lowest BCUT2D eigenvalue weighted by atomic mass is 10.3. The van der Waals surface area contributed by atoms with Crippen LogP contribution in [-0.2, 0) is 4.79 Å². The summed E-state index contributed by atoms with van der Waals surface area (Å²) < 4.78 is 0. The molecule has 4 heteroatoms. The van der Waals surface area contributed by atoms with E-state index in [1.807, 2.05) is 0 Å². The number of hydrogen-bond donors (Lipinski definition) is 3. The van der Waals surface area contributed by atoms with Crippen LogP contribution in [0.1, 0.15) is 13.8 Å². The van der Waals surface area contributed by atoms with Gasteiger partial charge in [0, 0.05) is 11.9 Å². The van der Waals surface area contributed by atoms with Gasteiger partial charge >= 0.3 is 5.97 Å². The van der Waals surface area contributed by atoms with E-state index in [0.717, 1.165) is 0 Å². The molecule has 4 nitrogen and oxygen atoms in total. The lowest BCUT2D eigenvalue weighted by Crippen LogP contribution is -2.30. The van der Waals surface area contributed by atoms with Crippen LogP contribution >= 0.6 is 0 Å². The molecule has 10 heavy (non-hydrogen) atoms. The summed E-state index contributed by atoms with van der Waals surface area (Å²) in [5, 5.41) is 11.0. The first kappa shape index (κ1) is 8.81. The highest BCUT2D eigenvalue weighted by atomic mass is 16.4. The van der Waals surface area contributed by atoms with Crippen LogP contribution in [0.4, 0.5) is 0 Å². The summed E-state index contributed by atoms with van der Waals surface area (Å²) in [7, 11) is 0. The van der Waals surface area contributed by atoms with Gasteiger partial charge in [0.1, 0.15) is 6.04 Å². The van der Waals surface area contributed by atoms with Gasteiger partial charge in [0.05, 0.1) is 0 Å². The van der Waals surface area contributed by atoms with Gasteiger partial charge in [-0.05, 0) is 13.8 Å². The van der Waals surface area contributed by atoms with Crippen molar-refractivity contribution in [3.05, 3.63) is 11.9 Å². The Balaban J connectivity index is 3.70. The highest BCUT2D eigenvalue weighted by molar-refractivity contribution is 5.72. The summed E-state index contributed by atoms with van der Waals surface area (Å²) in [6, 6.07) is -0.585. The van der Waals surface area contributed by atoms with Gasteiger partial charge in [0.15, 0.2) is 0 Å². The second-order valence-corrected chi connectivity index (χ2v) is 2.11. The predicted molar refractivity (Wildman–Crippen MR) is 38.2 cm³/mol. The normalized spacial score (nSPS) is 14.4. The van der Waals surface area contributed by atoms with Crippen molar-refractivity contribution in [3.8, 4) is 0 Å². The zero-order valence-corrected chi connectivity index (χ0v) is 6.09. The average molecular weight is 144 g/mol. The highest BCUT2D eigenvalue weighted by Gasteiger charge is 2.06. The Bertz CT molecular complexity index is 150. The van der Waals surface area contributed by atoms with Crippen LogP contribution in [0.5, 0.6) is 0 Å². The number of hydrogen-bond acceptors (Lipinski definition) is 3. The second kappa shape index (κ2) is 3.76. The van der Waals surface area contributed by atoms with Crippen LogP contribution in [-0.4, -0.2) is 17.1 Å². The molecule has 0 aliphatic rings. The molecule has 0 aliphatic heterocycles.